The van der Waals surface area contributed by atoms with E-state index in [0.29, 0.717) is 21.3 Å². The Kier molecular flexibility index (Phi) is 5.36. The van der Waals surface area contributed by atoms with Crippen molar-refractivity contribution in [3.05, 3.63) is 58.4 Å². The van der Waals surface area contributed by atoms with Crippen LogP contribution in [-0.4, -0.2) is 40.3 Å². The maximum Gasteiger partial charge on any atom is 0.350 e. The maximum atomic E-state index is 12.9. The van der Waals surface area contributed by atoms with E-state index in [4.69, 9.17) is 4.74 Å². The lowest BCUT2D eigenvalue weighted by Gasteiger charge is -2.13. The molecule has 0 atom stereocenters. The molecule has 27 heavy (non-hydrogen) atoms. The van der Waals surface area contributed by atoms with E-state index in [0.717, 1.165) is 22.7 Å². The lowest BCUT2D eigenvalue weighted by atomic mass is 10.2. The Balaban J connectivity index is 1.88. The standard InChI is InChI=1S/C19H20N4O3S/c1-5-26-18(25)16-12(2)21-19(27-16)22(4)17(24)15-11-20-23(13(15)3)14-9-7-6-8-10-14/h6-11H,5H2,1-4H3. The number of ether oxygens (including phenoxy) is 1. The van der Waals surface area contributed by atoms with Gasteiger partial charge in [0.25, 0.3) is 5.91 Å². The number of hydrogen-bond donors (Lipinski definition) is 0. The molecule has 0 N–H and O–H groups in total. The number of anilines is 1. The Hall–Kier alpha value is -3.00. The number of hydrogen-bond acceptors (Lipinski definition) is 6. The van der Waals surface area contributed by atoms with Crippen molar-refractivity contribution in [3.8, 4) is 5.69 Å². The SMILES string of the molecule is CCOC(=O)c1sc(N(C)C(=O)c2cnn(-c3ccccc3)c2C)nc1C. The lowest BCUT2D eigenvalue weighted by molar-refractivity contribution is 0.0531. The number of amides is 1. The minimum absolute atomic E-state index is 0.237. The first kappa shape index (κ1) is 18.8. The minimum Gasteiger partial charge on any atom is -0.462 e. The quantitative estimate of drug-likeness (QED) is 0.630. The van der Waals surface area contributed by atoms with Gasteiger partial charge in [0.1, 0.15) is 4.88 Å². The van der Waals surface area contributed by atoms with Crippen LogP contribution in [0.1, 0.15) is 38.3 Å². The van der Waals surface area contributed by atoms with Crippen LogP contribution in [-0.2, 0) is 4.74 Å². The molecular formula is C19H20N4O3S. The topological polar surface area (TPSA) is 77.3 Å². The van der Waals surface area contributed by atoms with Crippen molar-refractivity contribution in [2.24, 2.45) is 0 Å². The van der Waals surface area contributed by atoms with E-state index in [9.17, 15) is 9.59 Å². The molecule has 0 bridgehead atoms. The average molecular weight is 384 g/mol. The number of carbonyl (C=O) groups is 2. The van der Waals surface area contributed by atoms with Gasteiger partial charge in [0.2, 0.25) is 0 Å². The van der Waals surface area contributed by atoms with E-state index in [1.165, 1.54) is 4.90 Å². The molecule has 0 fully saturated rings. The molecule has 7 nitrogen and oxygen atoms in total. The fourth-order valence-electron chi connectivity index (χ4n) is 2.63. The number of carbonyl (C=O) groups excluding carboxylic acids is 2. The Morgan fingerprint density at radius 1 is 1.22 bits per heavy atom. The molecular weight excluding hydrogens is 364 g/mol. The Bertz CT molecular complexity index is 978. The summed E-state index contributed by atoms with van der Waals surface area (Å²) in [7, 11) is 1.63. The molecule has 0 saturated carbocycles. The number of aromatic nitrogens is 3. The summed E-state index contributed by atoms with van der Waals surface area (Å²) in [6.45, 7) is 5.61. The zero-order chi connectivity index (χ0) is 19.6. The first-order valence-corrected chi connectivity index (χ1v) is 9.28. The van der Waals surface area contributed by atoms with Gasteiger partial charge in [-0.05, 0) is 32.9 Å². The van der Waals surface area contributed by atoms with Crippen LogP contribution in [0, 0.1) is 13.8 Å². The molecule has 0 radical (unpaired) electrons. The molecule has 3 aromatic rings. The summed E-state index contributed by atoms with van der Waals surface area (Å²) in [5.41, 5.74) is 2.64. The fourth-order valence-corrected chi connectivity index (χ4v) is 3.55. The molecule has 140 valence electrons. The predicted octanol–water partition coefficient (Wildman–Crippen LogP) is 3.40. The molecule has 1 aromatic carbocycles. The number of benzene rings is 1. The predicted molar refractivity (Wildman–Crippen MR) is 104 cm³/mol. The van der Waals surface area contributed by atoms with Crippen molar-refractivity contribution in [2.75, 3.05) is 18.6 Å². The van der Waals surface area contributed by atoms with Gasteiger partial charge in [-0.15, -0.1) is 0 Å². The summed E-state index contributed by atoms with van der Waals surface area (Å²) >= 11 is 1.14. The first-order chi connectivity index (χ1) is 12.9. The normalized spacial score (nSPS) is 10.7. The Morgan fingerprint density at radius 2 is 1.93 bits per heavy atom. The maximum absolute atomic E-state index is 12.9. The van der Waals surface area contributed by atoms with Crippen molar-refractivity contribution >= 4 is 28.3 Å². The van der Waals surface area contributed by atoms with E-state index in [-0.39, 0.29) is 12.5 Å². The summed E-state index contributed by atoms with van der Waals surface area (Å²) in [4.78, 5) is 31.1. The molecule has 0 aliphatic rings. The third kappa shape index (κ3) is 3.61. The zero-order valence-electron chi connectivity index (χ0n) is 15.6. The third-order valence-electron chi connectivity index (χ3n) is 4.08. The highest BCUT2D eigenvalue weighted by atomic mass is 32.1. The van der Waals surface area contributed by atoms with Gasteiger partial charge in [-0.3, -0.25) is 9.69 Å². The molecule has 0 aliphatic carbocycles. The van der Waals surface area contributed by atoms with Crippen LogP contribution in [0.4, 0.5) is 5.13 Å². The van der Waals surface area contributed by atoms with Crippen LogP contribution >= 0.6 is 11.3 Å². The molecule has 8 heteroatoms. The van der Waals surface area contributed by atoms with Gasteiger partial charge < -0.3 is 4.74 Å². The molecule has 3 rings (SSSR count). The second-order valence-corrected chi connectivity index (χ2v) is 6.86. The molecule has 2 heterocycles. The van der Waals surface area contributed by atoms with Crippen molar-refractivity contribution in [1.29, 1.82) is 0 Å². The Morgan fingerprint density at radius 3 is 2.59 bits per heavy atom. The second-order valence-electron chi connectivity index (χ2n) is 5.89. The van der Waals surface area contributed by atoms with Crippen LogP contribution in [0.2, 0.25) is 0 Å². The van der Waals surface area contributed by atoms with Crippen LogP contribution in [0.15, 0.2) is 36.5 Å². The van der Waals surface area contributed by atoms with Crippen LogP contribution in [0.3, 0.4) is 0 Å². The summed E-state index contributed by atoms with van der Waals surface area (Å²) in [5.74, 6) is -0.661. The number of para-hydroxylation sites is 1. The third-order valence-corrected chi connectivity index (χ3v) is 5.29. The molecule has 0 saturated heterocycles. The molecule has 0 aliphatic heterocycles. The van der Waals surface area contributed by atoms with Gasteiger partial charge in [-0.2, -0.15) is 5.10 Å². The second kappa shape index (κ2) is 7.71. The van der Waals surface area contributed by atoms with Crippen LogP contribution in [0.25, 0.3) is 5.69 Å². The Labute approximate surface area is 161 Å². The number of nitrogens with zero attached hydrogens (tertiary/aromatic N) is 4. The number of thiazole rings is 1. The molecule has 0 unspecified atom stereocenters. The summed E-state index contributed by atoms with van der Waals surface area (Å²) in [6.07, 6.45) is 1.55. The fraction of sp³-hybridized carbons (Fsp3) is 0.263. The van der Waals surface area contributed by atoms with Crippen molar-refractivity contribution in [3.63, 3.8) is 0 Å². The van der Waals surface area contributed by atoms with Gasteiger partial charge in [0.15, 0.2) is 5.13 Å². The summed E-state index contributed by atoms with van der Waals surface area (Å²) in [5, 5.41) is 4.77. The number of esters is 1. The average Bonchev–Trinajstić information content (AvgIpc) is 3.24. The van der Waals surface area contributed by atoms with Crippen molar-refractivity contribution < 1.29 is 14.3 Å². The molecule has 2 aromatic heterocycles. The van der Waals surface area contributed by atoms with E-state index in [2.05, 4.69) is 10.1 Å². The van der Waals surface area contributed by atoms with Gasteiger partial charge in [0, 0.05) is 7.05 Å². The van der Waals surface area contributed by atoms with Crippen LogP contribution < -0.4 is 4.90 Å². The first-order valence-electron chi connectivity index (χ1n) is 8.46. The van der Waals surface area contributed by atoms with Gasteiger partial charge in [-0.1, -0.05) is 29.5 Å². The monoisotopic (exact) mass is 384 g/mol. The summed E-state index contributed by atoms with van der Waals surface area (Å²) in [6, 6.07) is 9.61. The highest BCUT2D eigenvalue weighted by molar-refractivity contribution is 7.17. The number of aryl methyl sites for hydroxylation is 1. The van der Waals surface area contributed by atoms with Gasteiger partial charge in [0.05, 0.1) is 35.4 Å². The molecule has 1 amide bonds. The van der Waals surface area contributed by atoms with E-state index >= 15 is 0 Å². The highest BCUT2D eigenvalue weighted by Crippen LogP contribution is 2.27. The zero-order valence-corrected chi connectivity index (χ0v) is 16.4. The number of rotatable bonds is 5. The van der Waals surface area contributed by atoms with E-state index < -0.39 is 5.97 Å². The van der Waals surface area contributed by atoms with Gasteiger partial charge in [-0.25, -0.2) is 14.5 Å². The van der Waals surface area contributed by atoms with Crippen molar-refractivity contribution in [2.45, 2.75) is 20.8 Å². The largest absolute Gasteiger partial charge is 0.462 e. The highest BCUT2D eigenvalue weighted by Gasteiger charge is 2.24. The van der Waals surface area contributed by atoms with Gasteiger partial charge >= 0.3 is 5.97 Å². The summed E-state index contributed by atoms with van der Waals surface area (Å²) < 4.78 is 6.75. The lowest BCUT2D eigenvalue weighted by Crippen LogP contribution is -2.26. The van der Waals surface area contributed by atoms with E-state index in [1.807, 2.05) is 37.3 Å². The van der Waals surface area contributed by atoms with E-state index in [1.54, 1.807) is 31.8 Å². The minimum atomic E-state index is -0.423. The molecule has 0 spiro atoms. The van der Waals surface area contributed by atoms with Crippen LogP contribution in [0.5, 0.6) is 0 Å². The smallest absolute Gasteiger partial charge is 0.350 e. The van der Waals surface area contributed by atoms with Crippen molar-refractivity contribution in [1.82, 2.24) is 14.8 Å².